The van der Waals surface area contributed by atoms with Crippen LogP contribution in [0.15, 0.2) is 16.7 Å². The minimum absolute atomic E-state index is 0.183. The van der Waals surface area contributed by atoms with Crippen LogP contribution in [0.4, 0.5) is 0 Å². The number of carbonyl (C=O) groups excluding carboxylic acids is 1. The molecule has 1 N–H and O–H groups in total. The molecule has 5 heteroatoms. The molecular formula is C11H16O4S. The monoisotopic (exact) mass is 244 g/mol. The first-order chi connectivity index (χ1) is 7.69. The van der Waals surface area contributed by atoms with Gasteiger partial charge in [-0.25, -0.2) is 4.79 Å². The van der Waals surface area contributed by atoms with Crippen molar-refractivity contribution in [3.05, 3.63) is 23.7 Å². The summed E-state index contributed by atoms with van der Waals surface area (Å²) < 4.78 is 9.67. The minimum atomic E-state index is -0.448. The Morgan fingerprint density at radius 1 is 1.69 bits per heavy atom. The molecule has 0 saturated heterocycles. The first kappa shape index (κ1) is 13.1. The largest absolute Gasteiger partial charge is 0.463 e. The molecule has 90 valence electrons. The van der Waals surface area contributed by atoms with Gasteiger partial charge in [-0.05, 0) is 17.7 Å². The number of hydrogen-bond donors (Lipinski definition) is 1. The average molecular weight is 244 g/mol. The molecule has 0 radical (unpaired) electrons. The third kappa shape index (κ3) is 3.57. The number of carbonyl (C=O) groups is 1. The Labute approximate surface area is 99.0 Å². The molecule has 1 unspecified atom stereocenters. The van der Waals surface area contributed by atoms with Gasteiger partial charge in [0.2, 0.25) is 5.76 Å². The van der Waals surface area contributed by atoms with E-state index in [1.165, 1.54) is 13.4 Å². The fourth-order valence-electron chi connectivity index (χ4n) is 1.14. The Hall–Kier alpha value is -0.940. The number of hydrogen-bond acceptors (Lipinski definition) is 5. The molecule has 0 aliphatic heterocycles. The van der Waals surface area contributed by atoms with Gasteiger partial charge in [0.25, 0.3) is 0 Å². The number of furan rings is 1. The van der Waals surface area contributed by atoms with Crippen molar-refractivity contribution in [1.29, 1.82) is 0 Å². The summed E-state index contributed by atoms with van der Waals surface area (Å²) >= 11 is 1.66. The molecule has 1 atom stereocenters. The van der Waals surface area contributed by atoms with Crippen LogP contribution in [-0.4, -0.2) is 30.5 Å². The summed E-state index contributed by atoms with van der Waals surface area (Å²) in [6.07, 6.45) is 1.48. The first-order valence-corrected chi connectivity index (χ1v) is 6.17. The number of rotatable bonds is 6. The molecule has 0 aliphatic rings. The molecule has 0 spiro atoms. The van der Waals surface area contributed by atoms with E-state index in [0.717, 1.165) is 11.3 Å². The van der Waals surface area contributed by atoms with Crippen molar-refractivity contribution < 1.29 is 19.1 Å². The summed E-state index contributed by atoms with van der Waals surface area (Å²) in [6, 6.07) is 1.77. The van der Waals surface area contributed by atoms with Crippen LogP contribution in [-0.2, 0) is 10.5 Å². The van der Waals surface area contributed by atoms with Gasteiger partial charge in [-0.3, -0.25) is 0 Å². The van der Waals surface area contributed by atoms with E-state index in [9.17, 15) is 4.79 Å². The van der Waals surface area contributed by atoms with Crippen LogP contribution >= 0.6 is 11.8 Å². The van der Waals surface area contributed by atoms with E-state index in [1.807, 2.05) is 6.92 Å². The highest BCUT2D eigenvalue weighted by atomic mass is 32.2. The highest BCUT2D eigenvalue weighted by molar-refractivity contribution is 7.98. The molecular weight excluding hydrogens is 228 g/mol. The number of aliphatic hydroxyl groups excluding tert-OH is 1. The maximum atomic E-state index is 11.3. The second-order valence-electron chi connectivity index (χ2n) is 3.57. The number of thioether (sulfide) groups is 1. The zero-order chi connectivity index (χ0) is 12.0. The molecule has 0 saturated carbocycles. The van der Waals surface area contributed by atoms with Crippen LogP contribution in [0.1, 0.15) is 23.0 Å². The molecule has 0 fully saturated rings. The number of aliphatic hydroxyl groups is 1. The Morgan fingerprint density at radius 3 is 3.06 bits per heavy atom. The molecule has 1 aromatic rings. The van der Waals surface area contributed by atoms with Crippen LogP contribution < -0.4 is 0 Å². The zero-order valence-corrected chi connectivity index (χ0v) is 10.3. The zero-order valence-electron chi connectivity index (χ0n) is 9.43. The predicted molar refractivity (Wildman–Crippen MR) is 62.5 cm³/mol. The lowest BCUT2D eigenvalue weighted by Gasteiger charge is -2.06. The van der Waals surface area contributed by atoms with Gasteiger partial charge in [-0.15, -0.1) is 0 Å². The SMILES string of the molecule is COC(=O)c1occc1CSCC(C)CO. The van der Waals surface area contributed by atoms with Gasteiger partial charge in [-0.1, -0.05) is 6.92 Å². The van der Waals surface area contributed by atoms with E-state index in [0.29, 0.717) is 5.75 Å². The second-order valence-corrected chi connectivity index (χ2v) is 4.60. The van der Waals surface area contributed by atoms with Crippen molar-refractivity contribution >= 4 is 17.7 Å². The summed E-state index contributed by atoms with van der Waals surface area (Å²) in [5.74, 6) is 1.62. The van der Waals surface area contributed by atoms with Gasteiger partial charge in [0.1, 0.15) is 0 Å². The van der Waals surface area contributed by atoms with Gasteiger partial charge in [0.05, 0.1) is 13.4 Å². The molecule has 1 aromatic heterocycles. The van der Waals surface area contributed by atoms with E-state index in [2.05, 4.69) is 4.74 Å². The summed E-state index contributed by atoms with van der Waals surface area (Å²) in [6.45, 7) is 2.16. The van der Waals surface area contributed by atoms with E-state index in [-0.39, 0.29) is 18.3 Å². The number of esters is 1. The maximum absolute atomic E-state index is 11.3. The van der Waals surface area contributed by atoms with Gasteiger partial charge in [0, 0.05) is 17.9 Å². The lowest BCUT2D eigenvalue weighted by atomic mass is 10.2. The van der Waals surface area contributed by atoms with Crippen LogP contribution in [0.25, 0.3) is 0 Å². The van der Waals surface area contributed by atoms with Crippen molar-refractivity contribution in [1.82, 2.24) is 0 Å². The highest BCUT2D eigenvalue weighted by Gasteiger charge is 2.15. The molecule has 16 heavy (non-hydrogen) atoms. The van der Waals surface area contributed by atoms with Crippen molar-refractivity contribution in [2.24, 2.45) is 5.92 Å². The van der Waals surface area contributed by atoms with E-state index >= 15 is 0 Å². The fourth-order valence-corrected chi connectivity index (χ4v) is 2.22. The number of ether oxygens (including phenoxy) is 1. The molecule has 0 amide bonds. The lowest BCUT2D eigenvalue weighted by Crippen LogP contribution is -2.05. The summed E-state index contributed by atoms with van der Waals surface area (Å²) in [5.41, 5.74) is 0.835. The van der Waals surface area contributed by atoms with Crippen LogP contribution in [0, 0.1) is 5.92 Å². The average Bonchev–Trinajstić information content (AvgIpc) is 2.76. The van der Waals surface area contributed by atoms with E-state index < -0.39 is 5.97 Å². The van der Waals surface area contributed by atoms with Crippen molar-refractivity contribution in [2.45, 2.75) is 12.7 Å². The van der Waals surface area contributed by atoms with E-state index in [1.54, 1.807) is 17.8 Å². The molecule has 0 bridgehead atoms. The van der Waals surface area contributed by atoms with Crippen LogP contribution in [0.2, 0.25) is 0 Å². The predicted octanol–water partition coefficient (Wildman–Crippen LogP) is 1.93. The smallest absolute Gasteiger partial charge is 0.374 e. The first-order valence-electron chi connectivity index (χ1n) is 5.02. The topological polar surface area (TPSA) is 59.7 Å². The maximum Gasteiger partial charge on any atom is 0.374 e. The van der Waals surface area contributed by atoms with Crippen molar-refractivity contribution in [2.75, 3.05) is 19.5 Å². The molecule has 1 heterocycles. The molecule has 4 nitrogen and oxygen atoms in total. The van der Waals surface area contributed by atoms with Crippen molar-refractivity contribution in [3.63, 3.8) is 0 Å². The summed E-state index contributed by atoms with van der Waals surface area (Å²) in [4.78, 5) is 11.3. The quantitative estimate of drug-likeness (QED) is 0.775. The van der Waals surface area contributed by atoms with Gasteiger partial charge < -0.3 is 14.3 Å². The lowest BCUT2D eigenvalue weighted by molar-refractivity contribution is 0.0564. The van der Waals surface area contributed by atoms with E-state index in [4.69, 9.17) is 9.52 Å². The van der Waals surface area contributed by atoms with Crippen LogP contribution in [0.5, 0.6) is 0 Å². The Morgan fingerprint density at radius 2 is 2.44 bits per heavy atom. The summed E-state index contributed by atoms with van der Waals surface area (Å²) in [5, 5.41) is 8.87. The summed E-state index contributed by atoms with van der Waals surface area (Å²) in [7, 11) is 1.33. The third-order valence-electron chi connectivity index (χ3n) is 2.09. The van der Waals surface area contributed by atoms with Gasteiger partial charge in [-0.2, -0.15) is 11.8 Å². The Kier molecular flexibility index (Phi) is 5.42. The third-order valence-corrected chi connectivity index (χ3v) is 3.41. The van der Waals surface area contributed by atoms with Gasteiger partial charge in [0.15, 0.2) is 0 Å². The normalized spacial score (nSPS) is 12.4. The standard InChI is InChI=1S/C11H16O4S/c1-8(5-12)6-16-7-9-3-4-15-10(9)11(13)14-2/h3-4,8,12H,5-7H2,1-2H3. The minimum Gasteiger partial charge on any atom is -0.463 e. The molecule has 1 rings (SSSR count). The number of methoxy groups -OCH3 is 1. The Balaban J connectivity index is 2.48. The van der Waals surface area contributed by atoms with Crippen molar-refractivity contribution in [3.8, 4) is 0 Å². The highest BCUT2D eigenvalue weighted by Crippen LogP contribution is 2.20. The second kappa shape index (κ2) is 6.60. The molecule has 0 aromatic carbocycles. The Bertz CT molecular complexity index is 334. The fraction of sp³-hybridized carbons (Fsp3) is 0.545. The van der Waals surface area contributed by atoms with Gasteiger partial charge >= 0.3 is 5.97 Å². The molecule has 0 aliphatic carbocycles. The van der Waals surface area contributed by atoms with Crippen LogP contribution in [0.3, 0.4) is 0 Å².